The fraction of sp³-hybridized carbons (Fsp3) is 0.647. The molecule has 2 heterocycles. The molecule has 1 fully saturated rings. The van der Waals surface area contributed by atoms with Crippen molar-refractivity contribution in [2.75, 3.05) is 19.6 Å². The van der Waals surface area contributed by atoms with E-state index in [1.165, 1.54) is 64.4 Å². The average molecular weight is 305 g/mol. The zero-order chi connectivity index (χ0) is 15.6. The van der Waals surface area contributed by atoms with Crippen LogP contribution in [-0.4, -0.2) is 46.0 Å². The van der Waals surface area contributed by atoms with Gasteiger partial charge in [0.1, 0.15) is 11.4 Å². The molecular weight excluding hydrogens is 278 g/mol. The van der Waals surface area contributed by atoms with Gasteiger partial charge in [-0.25, -0.2) is 4.98 Å². The van der Waals surface area contributed by atoms with Gasteiger partial charge < -0.3 is 15.2 Å². The fourth-order valence-corrected chi connectivity index (χ4v) is 2.98. The lowest BCUT2D eigenvalue weighted by Crippen LogP contribution is -2.28. The van der Waals surface area contributed by atoms with Crippen LogP contribution in [-0.2, 0) is 6.42 Å². The molecule has 0 amide bonds. The largest absolute Gasteiger partial charge is 0.506 e. The topological polar surface area (TPSA) is 69.0 Å². The van der Waals surface area contributed by atoms with Crippen molar-refractivity contribution in [3.05, 3.63) is 23.5 Å². The van der Waals surface area contributed by atoms with E-state index in [0.29, 0.717) is 5.69 Å². The Bertz CT molecular complexity index is 469. The Morgan fingerprint density at radius 3 is 2.55 bits per heavy atom. The Labute approximate surface area is 132 Å². The molecule has 1 saturated heterocycles. The minimum atomic E-state index is 0.0437. The molecule has 0 aromatic carbocycles. The Balaban J connectivity index is 1.72. The van der Waals surface area contributed by atoms with Gasteiger partial charge in [-0.1, -0.05) is 24.4 Å². The molecule has 0 bridgehead atoms. The molecular formula is C17H27N3O2. The molecule has 2 rings (SSSR count). The molecule has 0 spiro atoms. The molecule has 0 saturated carbocycles. The summed E-state index contributed by atoms with van der Waals surface area (Å²) in [6, 6.07) is 3.44. The van der Waals surface area contributed by atoms with E-state index in [2.05, 4.69) is 15.0 Å². The monoisotopic (exact) mass is 305 g/mol. The summed E-state index contributed by atoms with van der Waals surface area (Å²) in [5.41, 5.74) is 1.25. The third-order valence-corrected chi connectivity index (χ3v) is 4.25. The molecule has 0 radical (unpaired) electrons. The quantitative estimate of drug-likeness (QED) is 0.366. The van der Waals surface area contributed by atoms with Gasteiger partial charge in [-0.15, -0.1) is 0 Å². The van der Waals surface area contributed by atoms with Gasteiger partial charge in [-0.3, -0.25) is 0 Å². The summed E-state index contributed by atoms with van der Waals surface area (Å²) in [6.45, 7) is 3.66. The second-order valence-electron chi connectivity index (χ2n) is 6.02. The van der Waals surface area contributed by atoms with Crippen LogP contribution in [0, 0.1) is 0 Å². The van der Waals surface area contributed by atoms with Crippen molar-refractivity contribution in [2.24, 2.45) is 5.16 Å². The number of likely N-dealkylation sites (tertiary alicyclic amines) is 1. The molecule has 0 atom stereocenters. The van der Waals surface area contributed by atoms with Gasteiger partial charge >= 0.3 is 0 Å². The van der Waals surface area contributed by atoms with E-state index in [-0.39, 0.29) is 5.75 Å². The minimum Gasteiger partial charge on any atom is -0.506 e. The highest BCUT2D eigenvalue weighted by Crippen LogP contribution is 2.15. The number of nitrogens with zero attached hydrogens (tertiary/aromatic N) is 3. The van der Waals surface area contributed by atoms with Gasteiger partial charge in [0.25, 0.3) is 0 Å². The summed E-state index contributed by atoms with van der Waals surface area (Å²) in [4.78, 5) is 6.89. The number of oxime groups is 1. The van der Waals surface area contributed by atoms with Crippen LogP contribution in [0.3, 0.4) is 0 Å². The number of aromatic nitrogens is 1. The molecule has 22 heavy (non-hydrogen) atoms. The predicted molar refractivity (Wildman–Crippen MR) is 87.7 cm³/mol. The van der Waals surface area contributed by atoms with Crippen LogP contribution in [0.15, 0.2) is 17.3 Å². The van der Waals surface area contributed by atoms with Crippen molar-refractivity contribution in [2.45, 2.75) is 51.4 Å². The highest BCUT2D eigenvalue weighted by atomic mass is 16.4. The summed E-state index contributed by atoms with van der Waals surface area (Å²) in [5.74, 6) is 0.0437. The number of aromatic hydroxyl groups is 1. The molecule has 0 unspecified atom stereocenters. The van der Waals surface area contributed by atoms with Crippen LogP contribution in [0.2, 0.25) is 0 Å². The Kier molecular flexibility index (Phi) is 7.16. The lowest BCUT2D eigenvalue weighted by molar-refractivity contribution is 0.243. The normalized spacial score (nSPS) is 17.5. The molecule has 1 aromatic rings. The Morgan fingerprint density at radius 2 is 1.82 bits per heavy atom. The lowest BCUT2D eigenvalue weighted by Gasteiger charge is -2.24. The van der Waals surface area contributed by atoms with Gasteiger partial charge in [-0.2, -0.15) is 0 Å². The van der Waals surface area contributed by atoms with Gasteiger partial charge in [0.15, 0.2) is 0 Å². The standard InChI is InChI=1S/C17H27N3O2/c21-17-10-9-15(19-16(17)14-18-22)8-4-7-13-20-11-5-2-1-3-6-12-20/h9-10,14,21-22H,1-8,11-13H2. The first kappa shape index (κ1) is 16.7. The minimum absolute atomic E-state index is 0.0437. The van der Waals surface area contributed by atoms with Crippen LogP contribution in [0.4, 0.5) is 0 Å². The van der Waals surface area contributed by atoms with E-state index in [4.69, 9.17) is 5.21 Å². The summed E-state index contributed by atoms with van der Waals surface area (Å²) < 4.78 is 0. The average Bonchev–Trinajstić information content (AvgIpc) is 2.48. The first-order valence-corrected chi connectivity index (χ1v) is 8.38. The van der Waals surface area contributed by atoms with Crippen molar-refractivity contribution in [3.8, 4) is 5.75 Å². The summed E-state index contributed by atoms with van der Waals surface area (Å²) >= 11 is 0. The summed E-state index contributed by atoms with van der Waals surface area (Å²) in [7, 11) is 0. The zero-order valence-corrected chi connectivity index (χ0v) is 13.2. The maximum absolute atomic E-state index is 9.59. The summed E-state index contributed by atoms with van der Waals surface area (Å²) in [5, 5.41) is 21.1. The van der Waals surface area contributed by atoms with E-state index >= 15 is 0 Å². The lowest BCUT2D eigenvalue weighted by atomic mass is 10.1. The maximum Gasteiger partial charge on any atom is 0.142 e. The van der Waals surface area contributed by atoms with Gasteiger partial charge in [0.2, 0.25) is 0 Å². The predicted octanol–water partition coefficient (Wildman–Crippen LogP) is 3.18. The molecule has 5 nitrogen and oxygen atoms in total. The Morgan fingerprint density at radius 1 is 1.09 bits per heavy atom. The van der Waals surface area contributed by atoms with Crippen molar-refractivity contribution in [3.63, 3.8) is 0 Å². The zero-order valence-electron chi connectivity index (χ0n) is 13.2. The van der Waals surface area contributed by atoms with E-state index in [1.807, 2.05) is 6.07 Å². The van der Waals surface area contributed by atoms with E-state index in [1.54, 1.807) is 6.07 Å². The van der Waals surface area contributed by atoms with Gasteiger partial charge in [-0.05, 0) is 63.9 Å². The molecule has 1 aliphatic heterocycles. The second-order valence-corrected chi connectivity index (χ2v) is 6.02. The number of hydrogen-bond acceptors (Lipinski definition) is 5. The van der Waals surface area contributed by atoms with Crippen LogP contribution in [0.1, 0.15) is 56.3 Å². The molecule has 0 aliphatic carbocycles. The molecule has 5 heteroatoms. The van der Waals surface area contributed by atoms with Crippen molar-refractivity contribution in [1.29, 1.82) is 0 Å². The van der Waals surface area contributed by atoms with Crippen LogP contribution >= 0.6 is 0 Å². The number of hydrogen-bond donors (Lipinski definition) is 2. The van der Waals surface area contributed by atoms with Gasteiger partial charge in [0.05, 0.1) is 6.21 Å². The van der Waals surface area contributed by atoms with E-state index in [9.17, 15) is 5.11 Å². The second kappa shape index (κ2) is 9.41. The maximum atomic E-state index is 9.59. The smallest absolute Gasteiger partial charge is 0.142 e. The van der Waals surface area contributed by atoms with Crippen molar-refractivity contribution in [1.82, 2.24) is 9.88 Å². The summed E-state index contributed by atoms with van der Waals surface area (Å²) in [6.07, 6.45) is 11.1. The van der Waals surface area contributed by atoms with Crippen molar-refractivity contribution >= 4 is 6.21 Å². The molecule has 1 aromatic heterocycles. The van der Waals surface area contributed by atoms with Gasteiger partial charge in [0, 0.05) is 5.69 Å². The van der Waals surface area contributed by atoms with Crippen molar-refractivity contribution < 1.29 is 10.3 Å². The number of unbranched alkanes of at least 4 members (excludes halogenated alkanes) is 1. The van der Waals surface area contributed by atoms with Crippen LogP contribution < -0.4 is 0 Å². The van der Waals surface area contributed by atoms with E-state index < -0.39 is 0 Å². The Hall–Kier alpha value is -1.62. The molecule has 1 aliphatic rings. The van der Waals surface area contributed by atoms with Crippen LogP contribution in [0.25, 0.3) is 0 Å². The van der Waals surface area contributed by atoms with E-state index in [0.717, 1.165) is 18.5 Å². The fourth-order valence-electron chi connectivity index (χ4n) is 2.98. The highest BCUT2D eigenvalue weighted by Gasteiger charge is 2.08. The number of pyridine rings is 1. The third-order valence-electron chi connectivity index (χ3n) is 4.25. The molecule has 122 valence electrons. The first-order valence-electron chi connectivity index (χ1n) is 8.38. The third kappa shape index (κ3) is 5.64. The highest BCUT2D eigenvalue weighted by molar-refractivity contribution is 5.80. The number of rotatable bonds is 6. The number of aryl methyl sites for hydroxylation is 1. The SMILES string of the molecule is ON=Cc1nc(CCCCN2CCCCCCC2)ccc1O. The first-order chi connectivity index (χ1) is 10.8. The van der Waals surface area contributed by atoms with Crippen LogP contribution in [0.5, 0.6) is 5.75 Å². The molecule has 2 N–H and O–H groups in total.